The summed E-state index contributed by atoms with van der Waals surface area (Å²) < 4.78 is 23.0. The number of carbonyl (C=O) groups is 2. The molecule has 0 bridgehead atoms. The number of sulfone groups is 1. The number of aliphatic carboxylic acids is 1. The van der Waals surface area contributed by atoms with Gasteiger partial charge in [-0.3, -0.25) is 4.79 Å². The summed E-state index contributed by atoms with van der Waals surface area (Å²) in [4.78, 5) is 23.8. The van der Waals surface area contributed by atoms with Crippen LogP contribution in [-0.2, 0) is 19.4 Å². The number of carbonyl (C=O) groups excluding carboxylic acids is 1. The van der Waals surface area contributed by atoms with E-state index in [9.17, 15) is 18.0 Å². The third kappa shape index (κ3) is 1.25. The number of β-lactam (4-membered cyclic amide) rings is 1. The Kier molecular flexibility index (Phi) is 2.52. The van der Waals surface area contributed by atoms with E-state index in [4.69, 9.17) is 5.11 Å². The van der Waals surface area contributed by atoms with Gasteiger partial charge >= 0.3 is 5.97 Å². The van der Waals surface area contributed by atoms with Crippen molar-refractivity contribution in [2.24, 2.45) is 5.92 Å². The monoisotopic (exact) mass is 279 g/mol. The number of thiol groups is 1. The minimum atomic E-state index is -3.68. The number of fused-ring (bicyclic) bond motifs is 1. The second-order valence-corrected chi connectivity index (χ2v) is 7.80. The fourth-order valence-electron chi connectivity index (χ4n) is 2.58. The number of rotatable bonds is 2. The lowest BCUT2D eigenvalue weighted by molar-refractivity contribution is -0.162. The van der Waals surface area contributed by atoms with Crippen LogP contribution < -0.4 is 0 Å². The van der Waals surface area contributed by atoms with Gasteiger partial charge < -0.3 is 10.0 Å². The molecule has 0 radical (unpaired) electrons. The molecule has 0 saturated carbocycles. The number of hydrogen-bond acceptors (Lipinski definition) is 5. The van der Waals surface area contributed by atoms with E-state index in [2.05, 4.69) is 12.6 Å². The SMILES string of the molecule is CC1(C)[C@H](C(=O)O)N2C(=O)C(CS)C2S1(=O)=O. The fourth-order valence-corrected chi connectivity index (χ4v) is 5.39. The van der Waals surface area contributed by atoms with Gasteiger partial charge in [0.1, 0.15) is 11.4 Å². The second kappa shape index (κ2) is 3.38. The Hall–Kier alpha value is -0.760. The number of carboxylic acids is 1. The van der Waals surface area contributed by atoms with E-state index in [1.165, 1.54) is 13.8 Å². The van der Waals surface area contributed by atoms with Crippen LogP contribution in [0.4, 0.5) is 0 Å². The quantitative estimate of drug-likeness (QED) is 0.518. The van der Waals surface area contributed by atoms with Gasteiger partial charge in [-0.25, -0.2) is 13.2 Å². The van der Waals surface area contributed by atoms with Gasteiger partial charge in [-0.2, -0.15) is 12.6 Å². The Balaban J connectivity index is 2.56. The van der Waals surface area contributed by atoms with Gasteiger partial charge in [0.05, 0.1) is 10.7 Å². The highest BCUT2D eigenvalue weighted by Gasteiger charge is 2.71. The minimum Gasteiger partial charge on any atom is -0.480 e. The number of amides is 1. The largest absolute Gasteiger partial charge is 0.480 e. The molecule has 17 heavy (non-hydrogen) atoms. The van der Waals surface area contributed by atoms with Crippen molar-refractivity contribution < 1.29 is 23.1 Å². The number of nitrogens with zero attached hydrogens (tertiary/aromatic N) is 1. The van der Waals surface area contributed by atoms with Crippen LogP contribution in [0.2, 0.25) is 0 Å². The lowest BCUT2D eigenvalue weighted by Crippen LogP contribution is -2.64. The Morgan fingerprint density at radius 1 is 1.53 bits per heavy atom. The smallest absolute Gasteiger partial charge is 0.328 e. The summed E-state index contributed by atoms with van der Waals surface area (Å²) >= 11 is 3.94. The molecule has 0 aliphatic carbocycles. The zero-order valence-corrected chi connectivity index (χ0v) is 11.0. The Morgan fingerprint density at radius 3 is 2.47 bits per heavy atom. The molecular formula is C9H13NO5S2. The van der Waals surface area contributed by atoms with Gasteiger partial charge in [-0.15, -0.1) is 0 Å². The maximum Gasteiger partial charge on any atom is 0.328 e. The van der Waals surface area contributed by atoms with Crippen LogP contribution in [0.5, 0.6) is 0 Å². The summed E-state index contributed by atoms with van der Waals surface area (Å²) in [5, 5.41) is 8.08. The normalized spacial score (nSPS) is 37.5. The number of hydrogen-bond donors (Lipinski definition) is 2. The van der Waals surface area contributed by atoms with E-state index < -0.39 is 43.8 Å². The van der Waals surface area contributed by atoms with Crippen molar-refractivity contribution in [3.8, 4) is 0 Å². The molecule has 2 fully saturated rings. The van der Waals surface area contributed by atoms with Crippen molar-refractivity contribution in [1.29, 1.82) is 0 Å². The van der Waals surface area contributed by atoms with Gasteiger partial charge in [-0.1, -0.05) is 0 Å². The van der Waals surface area contributed by atoms with Crippen molar-refractivity contribution in [2.75, 3.05) is 5.75 Å². The summed E-state index contributed by atoms with van der Waals surface area (Å²) in [5.74, 6) is -2.33. The average molecular weight is 279 g/mol. The van der Waals surface area contributed by atoms with Crippen LogP contribution >= 0.6 is 12.6 Å². The maximum absolute atomic E-state index is 12.2. The molecular weight excluding hydrogens is 266 g/mol. The molecule has 0 aromatic heterocycles. The molecule has 6 nitrogen and oxygen atoms in total. The topological polar surface area (TPSA) is 91.8 Å². The van der Waals surface area contributed by atoms with Gasteiger partial charge in [0, 0.05) is 5.75 Å². The molecule has 3 atom stereocenters. The van der Waals surface area contributed by atoms with Crippen molar-refractivity contribution in [3.05, 3.63) is 0 Å². The van der Waals surface area contributed by atoms with E-state index in [-0.39, 0.29) is 5.75 Å². The molecule has 96 valence electrons. The van der Waals surface area contributed by atoms with Gasteiger partial charge in [0.25, 0.3) is 0 Å². The van der Waals surface area contributed by atoms with Crippen LogP contribution in [-0.4, -0.2) is 52.2 Å². The molecule has 1 N–H and O–H groups in total. The molecule has 2 unspecified atom stereocenters. The predicted octanol–water partition coefficient (Wildman–Crippen LogP) is -0.639. The zero-order valence-electron chi connectivity index (χ0n) is 9.32. The van der Waals surface area contributed by atoms with Gasteiger partial charge in [0.2, 0.25) is 5.91 Å². The van der Waals surface area contributed by atoms with Crippen molar-refractivity contribution in [1.82, 2.24) is 4.90 Å². The summed E-state index contributed by atoms with van der Waals surface area (Å²) in [7, 11) is -3.68. The Morgan fingerprint density at radius 2 is 2.06 bits per heavy atom. The van der Waals surface area contributed by atoms with Crippen LogP contribution in [0.25, 0.3) is 0 Å². The highest BCUT2D eigenvalue weighted by molar-refractivity contribution is 7.94. The summed E-state index contributed by atoms with van der Waals surface area (Å²) in [6, 6.07) is -1.30. The standard InChI is InChI=1S/C9H13NO5S2/c1-9(2)5(8(12)13)10-6(11)4(3-16)7(10)17(9,14)15/h4-5,7,16H,3H2,1-2H3,(H,12,13)/t4?,5-,7?/m0/s1. The van der Waals surface area contributed by atoms with E-state index in [1.807, 2.05) is 0 Å². The third-order valence-corrected chi connectivity index (χ3v) is 6.88. The van der Waals surface area contributed by atoms with Gasteiger partial charge in [0.15, 0.2) is 9.84 Å². The summed E-state index contributed by atoms with van der Waals surface area (Å²) in [5.41, 5.74) is 0. The molecule has 0 aromatic rings. The molecule has 1 amide bonds. The highest BCUT2D eigenvalue weighted by Crippen LogP contribution is 2.48. The van der Waals surface area contributed by atoms with Crippen molar-refractivity contribution in [3.63, 3.8) is 0 Å². The molecule has 2 heterocycles. The fraction of sp³-hybridized carbons (Fsp3) is 0.778. The van der Waals surface area contributed by atoms with Crippen LogP contribution in [0.1, 0.15) is 13.8 Å². The number of carboxylic acid groups (broad SMARTS) is 1. The van der Waals surface area contributed by atoms with Crippen LogP contribution in [0.3, 0.4) is 0 Å². The highest BCUT2D eigenvalue weighted by atomic mass is 32.2. The van der Waals surface area contributed by atoms with Crippen LogP contribution in [0, 0.1) is 5.92 Å². The summed E-state index contributed by atoms with van der Waals surface area (Å²) in [6.45, 7) is 2.70. The third-order valence-electron chi connectivity index (χ3n) is 3.61. The lowest BCUT2D eigenvalue weighted by atomic mass is 9.93. The molecule has 8 heteroatoms. The van der Waals surface area contributed by atoms with Crippen LogP contribution in [0.15, 0.2) is 0 Å². The first-order chi connectivity index (χ1) is 7.67. The average Bonchev–Trinajstić information content (AvgIpc) is 2.32. The predicted molar refractivity (Wildman–Crippen MR) is 62.4 cm³/mol. The molecule has 0 spiro atoms. The maximum atomic E-state index is 12.2. The molecule has 2 rings (SSSR count). The molecule has 2 saturated heterocycles. The molecule has 2 aliphatic heterocycles. The minimum absolute atomic E-state index is 0.113. The van der Waals surface area contributed by atoms with E-state index in [1.54, 1.807) is 0 Å². The lowest BCUT2D eigenvalue weighted by Gasteiger charge is -2.42. The van der Waals surface area contributed by atoms with Crippen molar-refractivity contribution in [2.45, 2.75) is 30.0 Å². The first-order valence-corrected chi connectivity index (χ1v) is 7.25. The van der Waals surface area contributed by atoms with E-state index in [0.29, 0.717) is 0 Å². The Bertz CT molecular complexity index is 498. The Labute approximate surface area is 104 Å². The summed E-state index contributed by atoms with van der Waals surface area (Å²) in [6.07, 6.45) is 0. The first-order valence-electron chi connectivity index (χ1n) is 5.07. The zero-order chi connectivity index (χ0) is 13.2. The van der Waals surface area contributed by atoms with Gasteiger partial charge in [-0.05, 0) is 13.8 Å². The van der Waals surface area contributed by atoms with E-state index >= 15 is 0 Å². The molecule has 2 aliphatic rings. The van der Waals surface area contributed by atoms with E-state index in [0.717, 1.165) is 4.90 Å². The second-order valence-electron chi connectivity index (χ2n) is 4.81. The first kappa shape index (κ1) is 12.7. The van der Waals surface area contributed by atoms with Crippen molar-refractivity contribution >= 4 is 34.3 Å². The molecule has 0 aromatic carbocycles.